The Morgan fingerprint density at radius 1 is 1.33 bits per heavy atom. The van der Waals surface area contributed by atoms with Crippen molar-refractivity contribution in [3.8, 4) is 0 Å². The standard InChI is InChI=1S/C19H25N3O4S/c1-13(2)10-16(23)21-19(27)22-9-8-20-18(25)15(22)11-17(24)26-12-14-6-4-3-5-7-14/h3-7,13,15H,8-12H2,1-2H3,(H,20,25)(H,21,23,27). The van der Waals surface area contributed by atoms with E-state index in [0.29, 0.717) is 19.5 Å². The molecule has 8 heteroatoms. The van der Waals surface area contributed by atoms with Crippen LogP contribution in [0.4, 0.5) is 0 Å². The number of amides is 2. The van der Waals surface area contributed by atoms with Gasteiger partial charge in [-0.1, -0.05) is 44.2 Å². The second-order valence-electron chi connectivity index (χ2n) is 6.80. The largest absolute Gasteiger partial charge is 0.461 e. The Balaban J connectivity index is 1.94. The third-order valence-corrected chi connectivity index (χ3v) is 4.37. The number of hydrogen-bond acceptors (Lipinski definition) is 5. The maximum Gasteiger partial charge on any atom is 0.308 e. The van der Waals surface area contributed by atoms with Crippen molar-refractivity contribution in [3.05, 3.63) is 35.9 Å². The zero-order valence-electron chi connectivity index (χ0n) is 15.6. The van der Waals surface area contributed by atoms with Crippen molar-refractivity contribution in [1.82, 2.24) is 15.5 Å². The van der Waals surface area contributed by atoms with Crippen LogP contribution in [0.2, 0.25) is 0 Å². The maximum absolute atomic E-state index is 12.2. The molecule has 1 atom stereocenters. The molecule has 1 unspecified atom stereocenters. The number of rotatable bonds is 6. The van der Waals surface area contributed by atoms with Crippen molar-refractivity contribution in [2.24, 2.45) is 5.92 Å². The van der Waals surface area contributed by atoms with Crippen molar-refractivity contribution in [2.75, 3.05) is 13.1 Å². The average molecular weight is 391 g/mol. The smallest absolute Gasteiger partial charge is 0.308 e. The SMILES string of the molecule is CC(C)CC(=O)NC(=S)N1CCNC(=O)C1CC(=O)OCc1ccccc1. The number of carbonyl (C=O) groups excluding carboxylic acids is 3. The molecule has 146 valence electrons. The fourth-order valence-corrected chi connectivity index (χ4v) is 3.06. The summed E-state index contributed by atoms with van der Waals surface area (Å²) >= 11 is 5.29. The summed E-state index contributed by atoms with van der Waals surface area (Å²) in [5, 5.41) is 5.53. The number of hydrogen-bond donors (Lipinski definition) is 2. The molecule has 1 heterocycles. The van der Waals surface area contributed by atoms with E-state index < -0.39 is 12.0 Å². The average Bonchev–Trinajstić information content (AvgIpc) is 2.61. The van der Waals surface area contributed by atoms with Gasteiger partial charge in [-0.05, 0) is 23.7 Å². The molecule has 0 bridgehead atoms. The molecule has 0 aromatic heterocycles. The fraction of sp³-hybridized carbons (Fsp3) is 0.474. The number of nitrogens with zero attached hydrogens (tertiary/aromatic N) is 1. The van der Waals surface area contributed by atoms with Gasteiger partial charge in [0.25, 0.3) is 0 Å². The first-order valence-corrected chi connectivity index (χ1v) is 9.35. The quantitative estimate of drug-likeness (QED) is 0.563. The summed E-state index contributed by atoms with van der Waals surface area (Å²) in [4.78, 5) is 38.0. The highest BCUT2D eigenvalue weighted by molar-refractivity contribution is 7.80. The van der Waals surface area contributed by atoms with Gasteiger partial charge in [0, 0.05) is 19.5 Å². The number of ether oxygens (including phenoxy) is 1. The number of nitrogens with one attached hydrogen (secondary N) is 2. The van der Waals surface area contributed by atoms with Crippen LogP contribution in [0, 0.1) is 5.92 Å². The number of thiocarbonyl (C=S) groups is 1. The predicted octanol–water partition coefficient (Wildman–Crippen LogP) is 1.37. The first-order chi connectivity index (χ1) is 12.9. The minimum atomic E-state index is -0.797. The monoisotopic (exact) mass is 391 g/mol. The minimum absolute atomic E-state index is 0.140. The van der Waals surface area contributed by atoms with E-state index in [9.17, 15) is 14.4 Å². The Morgan fingerprint density at radius 2 is 2.04 bits per heavy atom. The highest BCUT2D eigenvalue weighted by atomic mass is 32.1. The molecule has 27 heavy (non-hydrogen) atoms. The van der Waals surface area contributed by atoms with Gasteiger partial charge in [0.2, 0.25) is 11.8 Å². The van der Waals surface area contributed by atoms with E-state index >= 15 is 0 Å². The number of esters is 1. The van der Waals surface area contributed by atoms with Gasteiger partial charge in [0.05, 0.1) is 6.42 Å². The Morgan fingerprint density at radius 3 is 2.70 bits per heavy atom. The van der Waals surface area contributed by atoms with E-state index in [1.54, 1.807) is 4.90 Å². The van der Waals surface area contributed by atoms with E-state index in [2.05, 4.69) is 10.6 Å². The number of benzene rings is 1. The normalized spacial score (nSPS) is 16.6. The molecule has 1 aliphatic rings. The van der Waals surface area contributed by atoms with Crippen molar-refractivity contribution in [3.63, 3.8) is 0 Å². The summed E-state index contributed by atoms with van der Waals surface area (Å²) in [5.74, 6) is -0.812. The zero-order valence-corrected chi connectivity index (χ0v) is 16.4. The van der Waals surface area contributed by atoms with Gasteiger partial charge in [-0.15, -0.1) is 0 Å². The molecule has 0 saturated carbocycles. The summed E-state index contributed by atoms with van der Waals surface area (Å²) in [6, 6.07) is 8.51. The van der Waals surface area contributed by atoms with Gasteiger partial charge in [-0.25, -0.2) is 0 Å². The van der Waals surface area contributed by atoms with Crippen molar-refractivity contribution >= 4 is 35.1 Å². The summed E-state index contributed by atoms with van der Waals surface area (Å²) in [6.45, 7) is 4.83. The molecular weight excluding hydrogens is 366 g/mol. The minimum Gasteiger partial charge on any atom is -0.461 e. The van der Waals surface area contributed by atoms with E-state index in [1.165, 1.54) is 0 Å². The van der Waals surface area contributed by atoms with Crippen LogP contribution in [0.15, 0.2) is 30.3 Å². The van der Waals surface area contributed by atoms with Crippen LogP contribution >= 0.6 is 12.2 Å². The summed E-state index contributed by atoms with van der Waals surface area (Å²) in [7, 11) is 0. The first-order valence-electron chi connectivity index (χ1n) is 8.94. The van der Waals surface area contributed by atoms with Crippen LogP contribution in [0.25, 0.3) is 0 Å². The van der Waals surface area contributed by atoms with Crippen molar-refractivity contribution in [1.29, 1.82) is 0 Å². The number of piperazine rings is 1. The molecule has 1 aromatic rings. The molecule has 0 spiro atoms. The Kier molecular flexibility index (Phi) is 7.72. The van der Waals surface area contributed by atoms with Crippen LogP contribution in [0.1, 0.15) is 32.3 Å². The lowest BCUT2D eigenvalue weighted by molar-refractivity contribution is -0.148. The lowest BCUT2D eigenvalue weighted by Gasteiger charge is -2.36. The van der Waals surface area contributed by atoms with E-state index in [4.69, 9.17) is 17.0 Å². The molecule has 1 saturated heterocycles. The lowest BCUT2D eigenvalue weighted by atomic mass is 10.1. The third-order valence-electron chi connectivity index (χ3n) is 4.03. The van der Waals surface area contributed by atoms with Gasteiger partial charge in [-0.2, -0.15) is 0 Å². The van der Waals surface area contributed by atoms with Crippen LogP contribution in [0.3, 0.4) is 0 Å². The van der Waals surface area contributed by atoms with Gasteiger partial charge >= 0.3 is 5.97 Å². The molecule has 2 rings (SSSR count). The fourth-order valence-electron chi connectivity index (χ4n) is 2.73. The Bertz CT molecular complexity index is 693. The predicted molar refractivity (Wildman–Crippen MR) is 105 cm³/mol. The van der Waals surface area contributed by atoms with E-state index in [0.717, 1.165) is 5.56 Å². The van der Waals surface area contributed by atoms with Crippen molar-refractivity contribution in [2.45, 2.75) is 39.3 Å². The second-order valence-corrected chi connectivity index (χ2v) is 7.19. The molecule has 0 aliphatic carbocycles. The Labute approximate surface area is 164 Å². The molecule has 2 N–H and O–H groups in total. The van der Waals surface area contributed by atoms with Crippen LogP contribution < -0.4 is 10.6 Å². The summed E-state index contributed by atoms with van der Waals surface area (Å²) in [6.07, 6.45) is 0.197. The molecule has 1 fully saturated rings. The van der Waals surface area contributed by atoms with Gasteiger partial charge in [0.1, 0.15) is 12.6 Å². The third kappa shape index (κ3) is 6.63. The summed E-state index contributed by atoms with van der Waals surface area (Å²) in [5.41, 5.74) is 0.868. The molecular formula is C19H25N3O4S. The van der Waals surface area contributed by atoms with Crippen LogP contribution in [0.5, 0.6) is 0 Å². The lowest BCUT2D eigenvalue weighted by Crippen LogP contribution is -2.60. The molecule has 1 aromatic carbocycles. The van der Waals surface area contributed by atoms with Crippen LogP contribution in [-0.4, -0.2) is 46.9 Å². The molecule has 2 amide bonds. The second kappa shape index (κ2) is 10.0. The molecule has 7 nitrogen and oxygen atoms in total. The first kappa shape index (κ1) is 20.8. The highest BCUT2D eigenvalue weighted by Gasteiger charge is 2.34. The van der Waals surface area contributed by atoms with Gasteiger partial charge in [0.15, 0.2) is 5.11 Å². The van der Waals surface area contributed by atoms with Gasteiger partial charge in [-0.3, -0.25) is 14.4 Å². The maximum atomic E-state index is 12.2. The number of carbonyl (C=O) groups is 3. The van der Waals surface area contributed by atoms with E-state index in [1.807, 2.05) is 44.2 Å². The van der Waals surface area contributed by atoms with Crippen molar-refractivity contribution < 1.29 is 19.1 Å². The zero-order chi connectivity index (χ0) is 19.8. The van der Waals surface area contributed by atoms with E-state index in [-0.39, 0.29) is 35.9 Å². The molecule has 0 radical (unpaired) electrons. The molecule has 1 aliphatic heterocycles. The van der Waals surface area contributed by atoms with Gasteiger partial charge < -0.3 is 20.3 Å². The van der Waals surface area contributed by atoms with Crippen LogP contribution in [-0.2, 0) is 25.7 Å². The highest BCUT2D eigenvalue weighted by Crippen LogP contribution is 2.12. The summed E-state index contributed by atoms with van der Waals surface area (Å²) < 4.78 is 5.26. The Hall–Kier alpha value is -2.48. The topological polar surface area (TPSA) is 87.7 Å².